The molecule has 0 saturated carbocycles. The van der Waals surface area contributed by atoms with E-state index < -0.39 is 29.6 Å². The molecule has 1 aromatic carbocycles. The van der Waals surface area contributed by atoms with E-state index in [-0.39, 0.29) is 12.0 Å². The molecule has 1 atom stereocenters. The van der Waals surface area contributed by atoms with Gasteiger partial charge in [0, 0.05) is 12.6 Å². The summed E-state index contributed by atoms with van der Waals surface area (Å²) in [6, 6.07) is 1.81. The van der Waals surface area contributed by atoms with E-state index >= 15 is 0 Å². The summed E-state index contributed by atoms with van der Waals surface area (Å²) in [6.45, 7) is 4.87. The Morgan fingerprint density at radius 1 is 1.13 bits per heavy atom. The maximum atomic E-state index is 12.9. The standard InChI is InChI=1S/C13H15F2NO3.C8H14N4/c1-2-3-11(13(18)19)16-12(17)6-8-4-9(14)7-10(15)5-8;1-2-3-4-11-8-6-10-5-7(9)12-8/h4-5,7,11H,2-3,6H2,1H3,(H,16,17)(H,18,19);5-6H,2-4H2,1H3,(H3,9,11,12). The van der Waals surface area contributed by atoms with Gasteiger partial charge in [0.25, 0.3) is 0 Å². The van der Waals surface area contributed by atoms with Gasteiger partial charge in [-0.25, -0.2) is 18.6 Å². The molecule has 1 heterocycles. The number of carboxylic acid groups (broad SMARTS) is 1. The number of aliphatic carboxylic acids is 1. The lowest BCUT2D eigenvalue weighted by Gasteiger charge is -2.13. The Labute approximate surface area is 180 Å². The largest absolute Gasteiger partial charge is 0.480 e. The number of unbranched alkanes of at least 4 members (excludes halogenated alkanes) is 1. The lowest BCUT2D eigenvalue weighted by molar-refractivity contribution is -0.141. The van der Waals surface area contributed by atoms with Crippen LogP contribution in [0.5, 0.6) is 0 Å². The first kappa shape index (κ1) is 25.7. The molecule has 10 heteroatoms. The van der Waals surface area contributed by atoms with Crippen molar-refractivity contribution >= 4 is 23.5 Å². The summed E-state index contributed by atoms with van der Waals surface area (Å²) in [7, 11) is 0. The van der Waals surface area contributed by atoms with Crippen LogP contribution in [0.2, 0.25) is 0 Å². The molecule has 0 saturated heterocycles. The molecule has 2 aromatic rings. The number of nitrogen functional groups attached to an aromatic ring is 1. The normalized spacial score (nSPS) is 11.1. The molecule has 31 heavy (non-hydrogen) atoms. The van der Waals surface area contributed by atoms with Crippen LogP contribution in [0, 0.1) is 11.6 Å². The van der Waals surface area contributed by atoms with Gasteiger partial charge in [-0.15, -0.1) is 0 Å². The second-order valence-corrected chi connectivity index (χ2v) is 6.81. The van der Waals surface area contributed by atoms with Crippen LogP contribution in [0.3, 0.4) is 0 Å². The minimum Gasteiger partial charge on any atom is -0.480 e. The third-order valence-corrected chi connectivity index (χ3v) is 3.99. The highest BCUT2D eigenvalue weighted by molar-refractivity contribution is 5.84. The molecule has 0 aliphatic carbocycles. The fourth-order valence-electron chi connectivity index (χ4n) is 2.55. The Morgan fingerprint density at radius 2 is 1.81 bits per heavy atom. The van der Waals surface area contributed by atoms with E-state index in [4.69, 9.17) is 10.8 Å². The Bertz CT molecular complexity index is 831. The van der Waals surface area contributed by atoms with Gasteiger partial charge in [0.1, 0.15) is 29.3 Å². The van der Waals surface area contributed by atoms with Crippen molar-refractivity contribution in [1.82, 2.24) is 15.3 Å². The van der Waals surface area contributed by atoms with Crippen LogP contribution in [-0.4, -0.2) is 39.5 Å². The molecule has 0 fully saturated rings. The zero-order valence-electron chi connectivity index (χ0n) is 17.7. The highest BCUT2D eigenvalue weighted by Gasteiger charge is 2.19. The van der Waals surface area contributed by atoms with Crippen LogP contribution in [0.4, 0.5) is 20.4 Å². The van der Waals surface area contributed by atoms with Crippen molar-refractivity contribution in [3.05, 3.63) is 47.8 Å². The van der Waals surface area contributed by atoms with Crippen molar-refractivity contribution in [2.45, 2.75) is 52.0 Å². The van der Waals surface area contributed by atoms with Crippen LogP contribution >= 0.6 is 0 Å². The minimum atomic E-state index is -1.12. The zero-order valence-corrected chi connectivity index (χ0v) is 17.7. The number of halogens is 2. The number of nitrogens with one attached hydrogen (secondary N) is 2. The van der Waals surface area contributed by atoms with E-state index in [9.17, 15) is 18.4 Å². The highest BCUT2D eigenvalue weighted by Crippen LogP contribution is 2.09. The van der Waals surface area contributed by atoms with Gasteiger partial charge in [-0.2, -0.15) is 0 Å². The number of nitrogens with zero attached hydrogens (tertiary/aromatic N) is 2. The monoisotopic (exact) mass is 437 g/mol. The molecule has 0 spiro atoms. The number of hydrogen-bond donors (Lipinski definition) is 4. The highest BCUT2D eigenvalue weighted by atomic mass is 19.1. The maximum Gasteiger partial charge on any atom is 0.326 e. The Morgan fingerprint density at radius 3 is 2.35 bits per heavy atom. The molecule has 2 rings (SSSR count). The van der Waals surface area contributed by atoms with Gasteiger partial charge >= 0.3 is 5.97 Å². The number of nitrogens with two attached hydrogens (primary N) is 1. The summed E-state index contributed by atoms with van der Waals surface area (Å²) in [5.74, 6) is -2.04. The predicted molar refractivity (Wildman–Crippen MR) is 114 cm³/mol. The lowest BCUT2D eigenvalue weighted by atomic mass is 10.1. The number of amides is 1. The van der Waals surface area contributed by atoms with Crippen molar-refractivity contribution in [3.8, 4) is 0 Å². The molecule has 170 valence electrons. The topological polar surface area (TPSA) is 130 Å². The van der Waals surface area contributed by atoms with E-state index in [0.29, 0.717) is 24.7 Å². The molecule has 0 radical (unpaired) electrons. The number of rotatable bonds is 10. The molecular weight excluding hydrogens is 408 g/mol. The van der Waals surface area contributed by atoms with Gasteiger partial charge in [0.05, 0.1) is 18.8 Å². The first-order valence-corrected chi connectivity index (χ1v) is 10.0. The Balaban J connectivity index is 0.000000343. The average Bonchev–Trinajstić information content (AvgIpc) is 2.67. The number of hydrogen-bond acceptors (Lipinski definition) is 6. The van der Waals surface area contributed by atoms with Gasteiger partial charge in [0.2, 0.25) is 5.91 Å². The SMILES string of the molecule is CCCC(NC(=O)Cc1cc(F)cc(F)c1)C(=O)O.CCCCNc1cncc(N)n1. The van der Waals surface area contributed by atoms with Gasteiger partial charge in [-0.3, -0.25) is 9.78 Å². The van der Waals surface area contributed by atoms with Gasteiger partial charge < -0.3 is 21.5 Å². The van der Waals surface area contributed by atoms with Gasteiger partial charge in [-0.1, -0.05) is 26.7 Å². The maximum absolute atomic E-state index is 12.9. The summed E-state index contributed by atoms with van der Waals surface area (Å²) in [5.41, 5.74) is 5.61. The summed E-state index contributed by atoms with van der Waals surface area (Å²) in [6.07, 6.45) is 6.16. The van der Waals surface area contributed by atoms with E-state index in [1.807, 2.05) is 0 Å². The number of aromatic nitrogens is 2. The fourth-order valence-corrected chi connectivity index (χ4v) is 2.55. The van der Waals surface area contributed by atoms with Crippen molar-refractivity contribution in [3.63, 3.8) is 0 Å². The van der Waals surface area contributed by atoms with E-state index in [1.165, 1.54) is 12.6 Å². The molecular formula is C21H29F2N5O3. The van der Waals surface area contributed by atoms with Crippen LogP contribution in [0.15, 0.2) is 30.6 Å². The first-order valence-electron chi connectivity index (χ1n) is 10.0. The molecule has 0 aliphatic heterocycles. The number of anilines is 2. The molecule has 1 amide bonds. The van der Waals surface area contributed by atoms with Gasteiger partial charge in [-0.05, 0) is 30.5 Å². The van der Waals surface area contributed by atoms with Gasteiger partial charge in [0.15, 0.2) is 0 Å². The van der Waals surface area contributed by atoms with Crippen LogP contribution in [0.1, 0.15) is 45.1 Å². The third kappa shape index (κ3) is 10.9. The van der Waals surface area contributed by atoms with E-state index in [0.717, 1.165) is 30.9 Å². The van der Waals surface area contributed by atoms with Crippen molar-refractivity contribution in [1.29, 1.82) is 0 Å². The summed E-state index contributed by atoms with van der Waals surface area (Å²) < 4.78 is 25.8. The lowest BCUT2D eigenvalue weighted by Crippen LogP contribution is -2.41. The van der Waals surface area contributed by atoms with Crippen molar-refractivity contribution in [2.24, 2.45) is 0 Å². The second kappa shape index (κ2) is 13.8. The van der Waals surface area contributed by atoms with Crippen molar-refractivity contribution < 1.29 is 23.5 Å². The number of carboxylic acids is 1. The number of carbonyl (C=O) groups excluding carboxylic acids is 1. The van der Waals surface area contributed by atoms with Crippen molar-refractivity contribution in [2.75, 3.05) is 17.6 Å². The Kier molecular flexibility index (Phi) is 11.5. The third-order valence-electron chi connectivity index (χ3n) is 3.99. The molecule has 1 unspecified atom stereocenters. The zero-order chi connectivity index (χ0) is 23.2. The van der Waals surface area contributed by atoms with Crippen LogP contribution < -0.4 is 16.4 Å². The van der Waals surface area contributed by atoms with E-state index in [1.54, 1.807) is 13.1 Å². The first-order chi connectivity index (χ1) is 14.7. The quantitative estimate of drug-likeness (QED) is 0.420. The van der Waals surface area contributed by atoms with Crippen LogP contribution in [0.25, 0.3) is 0 Å². The minimum absolute atomic E-state index is 0.163. The van der Waals surface area contributed by atoms with E-state index in [2.05, 4.69) is 27.5 Å². The molecule has 0 bridgehead atoms. The number of benzene rings is 1. The predicted octanol–water partition coefficient (Wildman–Crippen LogP) is 3.15. The molecule has 8 nitrogen and oxygen atoms in total. The molecule has 1 aromatic heterocycles. The number of carbonyl (C=O) groups is 2. The second-order valence-electron chi connectivity index (χ2n) is 6.81. The smallest absolute Gasteiger partial charge is 0.326 e. The molecule has 5 N–H and O–H groups in total. The van der Waals surface area contributed by atoms with Crippen LogP contribution in [-0.2, 0) is 16.0 Å². The average molecular weight is 437 g/mol. The Hall–Kier alpha value is -3.30. The summed E-state index contributed by atoms with van der Waals surface area (Å²) >= 11 is 0. The summed E-state index contributed by atoms with van der Waals surface area (Å²) in [4.78, 5) is 30.4. The summed E-state index contributed by atoms with van der Waals surface area (Å²) in [5, 5.41) is 14.3. The fraction of sp³-hybridized carbons (Fsp3) is 0.429. The molecule has 0 aliphatic rings.